The summed E-state index contributed by atoms with van der Waals surface area (Å²) in [5.74, 6) is -4.60. The number of halogens is 3. The third kappa shape index (κ3) is 4.64. The highest BCUT2D eigenvalue weighted by Gasteiger charge is 2.56. The molecule has 0 amide bonds. The molecular weight excluding hydrogens is 454 g/mol. The Balaban J connectivity index is 1.71. The number of alkyl halides is 2. The van der Waals surface area contributed by atoms with Crippen LogP contribution >= 0.6 is 11.6 Å². The Morgan fingerprint density at radius 3 is 2.73 bits per heavy atom. The predicted molar refractivity (Wildman–Crippen MR) is 119 cm³/mol. The predicted octanol–water partition coefficient (Wildman–Crippen LogP) is 4.80. The van der Waals surface area contributed by atoms with Crippen molar-refractivity contribution in [2.75, 3.05) is 17.2 Å². The molecule has 0 unspecified atom stereocenters. The van der Waals surface area contributed by atoms with E-state index < -0.39 is 23.9 Å². The standard InChI is InChI=1S/C22H19ClF2N6O2/c1-10-5-13(11(2)28-14-3-4-17(23)30-19(14)21(32)33)18-15(6-10)29-16(8-26)20(31-18)27-9-12-7-22(12,24)25/h3-6,11-12,28H,7,9H2,1-2H3,(H,27,31)(H,32,33)/t11-,12+/m1/s1. The van der Waals surface area contributed by atoms with Crippen molar-refractivity contribution in [2.45, 2.75) is 32.2 Å². The molecule has 11 heteroatoms. The van der Waals surface area contributed by atoms with Crippen LogP contribution in [-0.2, 0) is 0 Å². The molecule has 0 radical (unpaired) electrons. The van der Waals surface area contributed by atoms with E-state index >= 15 is 0 Å². The number of rotatable bonds is 7. The van der Waals surface area contributed by atoms with Gasteiger partial charge in [0.05, 0.1) is 22.8 Å². The lowest BCUT2D eigenvalue weighted by atomic mass is 10.0. The van der Waals surface area contributed by atoms with E-state index in [0.717, 1.165) is 5.56 Å². The smallest absolute Gasteiger partial charge is 0.356 e. The molecule has 2 aromatic heterocycles. The van der Waals surface area contributed by atoms with E-state index in [-0.39, 0.29) is 41.0 Å². The van der Waals surface area contributed by atoms with Gasteiger partial charge in [-0.15, -0.1) is 0 Å². The number of aryl methyl sites for hydroxylation is 1. The molecule has 0 aliphatic heterocycles. The van der Waals surface area contributed by atoms with E-state index in [4.69, 9.17) is 11.6 Å². The number of carbonyl (C=O) groups is 1. The number of carboxylic acid groups (broad SMARTS) is 1. The highest BCUT2D eigenvalue weighted by molar-refractivity contribution is 6.29. The fourth-order valence-corrected chi connectivity index (χ4v) is 3.75. The molecule has 1 fully saturated rings. The molecule has 1 aliphatic carbocycles. The Morgan fingerprint density at radius 1 is 1.36 bits per heavy atom. The van der Waals surface area contributed by atoms with Crippen molar-refractivity contribution in [2.24, 2.45) is 5.92 Å². The molecule has 2 atom stereocenters. The van der Waals surface area contributed by atoms with E-state index in [9.17, 15) is 23.9 Å². The lowest BCUT2D eigenvalue weighted by Gasteiger charge is -2.19. The second-order valence-electron chi connectivity index (χ2n) is 8.00. The average molecular weight is 473 g/mol. The number of aromatic nitrogens is 3. The minimum atomic E-state index is -2.70. The third-order valence-electron chi connectivity index (χ3n) is 5.42. The Hall–Kier alpha value is -3.58. The summed E-state index contributed by atoms with van der Waals surface area (Å²) in [5.41, 5.74) is 2.53. The van der Waals surface area contributed by atoms with Crippen molar-refractivity contribution < 1.29 is 18.7 Å². The molecule has 0 bridgehead atoms. The Bertz CT molecular complexity index is 1310. The maximum Gasteiger partial charge on any atom is 0.356 e. The topological polar surface area (TPSA) is 124 Å². The number of fused-ring (bicyclic) bond motifs is 1. The van der Waals surface area contributed by atoms with E-state index in [0.29, 0.717) is 16.6 Å². The van der Waals surface area contributed by atoms with E-state index in [2.05, 4.69) is 25.6 Å². The molecule has 1 aromatic carbocycles. The number of aromatic carboxylic acids is 1. The first-order valence-electron chi connectivity index (χ1n) is 10.1. The number of carboxylic acids is 1. The SMILES string of the molecule is Cc1cc([C@@H](C)Nc2ccc(Cl)nc2C(=O)O)c2nc(NC[C@@H]3CC3(F)F)c(C#N)nc2c1. The minimum absolute atomic E-state index is 0.0127. The molecule has 3 aromatic rings. The van der Waals surface area contributed by atoms with Crippen molar-refractivity contribution in [3.05, 3.63) is 51.9 Å². The molecule has 33 heavy (non-hydrogen) atoms. The molecule has 3 N–H and O–H groups in total. The summed E-state index contributed by atoms with van der Waals surface area (Å²) in [7, 11) is 0. The Kier molecular flexibility index (Phi) is 5.76. The summed E-state index contributed by atoms with van der Waals surface area (Å²) >= 11 is 5.83. The maximum absolute atomic E-state index is 13.3. The fourth-order valence-electron chi connectivity index (χ4n) is 3.60. The van der Waals surface area contributed by atoms with Gasteiger partial charge >= 0.3 is 5.97 Å². The number of nitrogens with one attached hydrogen (secondary N) is 2. The van der Waals surface area contributed by atoms with Gasteiger partial charge in [-0.2, -0.15) is 5.26 Å². The monoisotopic (exact) mass is 472 g/mol. The molecule has 170 valence electrons. The molecular formula is C22H19ClF2N6O2. The van der Waals surface area contributed by atoms with E-state index in [1.54, 1.807) is 6.07 Å². The zero-order chi connectivity index (χ0) is 23.9. The van der Waals surface area contributed by atoms with Gasteiger partial charge in [0, 0.05) is 24.4 Å². The third-order valence-corrected chi connectivity index (χ3v) is 5.63. The molecule has 8 nitrogen and oxygen atoms in total. The van der Waals surface area contributed by atoms with Crippen LogP contribution in [0, 0.1) is 24.2 Å². The zero-order valence-electron chi connectivity index (χ0n) is 17.7. The summed E-state index contributed by atoms with van der Waals surface area (Å²) in [6.45, 7) is 3.65. The quantitative estimate of drug-likeness (QED) is 0.419. The summed E-state index contributed by atoms with van der Waals surface area (Å²) in [6.07, 6.45) is -0.199. The largest absolute Gasteiger partial charge is 0.476 e. The number of pyridine rings is 1. The number of anilines is 2. The van der Waals surface area contributed by atoms with Crippen molar-refractivity contribution in [3.8, 4) is 6.07 Å². The molecule has 2 heterocycles. The van der Waals surface area contributed by atoms with E-state index in [1.807, 2.05) is 26.0 Å². The lowest BCUT2D eigenvalue weighted by Crippen LogP contribution is -2.15. The molecule has 0 spiro atoms. The highest BCUT2D eigenvalue weighted by Crippen LogP contribution is 2.48. The molecule has 4 rings (SSSR count). The van der Waals surface area contributed by atoms with Crippen molar-refractivity contribution in [3.63, 3.8) is 0 Å². The number of benzene rings is 1. The van der Waals surface area contributed by atoms with Crippen molar-refractivity contribution in [1.29, 1.82) is 5.26 Å². The van der Waals surface area contributed by atoms with Gasteiger partial charge in [0.15, 0.2) is 17.2 Å². The zero-order valence-corrected chi connectivity index (χ0v) is 18.4. The number of hydrogen-bond donors (Lipinski definition) is 3. The van der Waals surface area contributed by atoms with Crippen LogP contribution < -0.4 is 10.6 Å². The summed E-state index contributed by atoms with van der Waals surface area (Å²) in [6, 6.07) is 8.16. The van der Waals surface area contributed by atoms with Crippen LogP contribution in [0.5, 0.6) is 0 Å². The number of nitrogens with zero attached hydrogens (tertiary/aromatic N) is 4. The van der Waals surface area contributed by atoms with E-state index in [1.165, 1.54) is 12.1 Å². The first-order valence-corrected chi connectivity index (χ1v) is 10.5. The first kappa shape index (κ1) is 22.6. The average Bonchev–Trinajstić information content (AvgIpc) is 3.38. The fraction of sp³-hybridized carbons (Fsp3) is 0.318. The van der Waals surface area contributed by atoms with Crippen LogP contribution in [0.4, 0.5) is 20.3 Å². The van der Waals surface area contributed by atoms with Gasteiger partial charge in [-0.3, -0.25) is 0 Å². The van der Waals surface area contributed by atoms with Gasteiger partial charge in [-0.25, -0.2) is 28.5 Å². The normalized spacial score (nSPS) is 17.3. The second-order valence-corrected chi connectivity index (χ2v) is 8.39. The van der Waals surface area contributed by atoms with Crippen molar-refractivity contribution in [1.82, 2.24) is 15.0 Å². The van der Waals surface area contributed by atoms with Gasteiger partial charge in [-0.1, -0.05) is 17.7 Å². The summed E-state index contributed by atoms with van der Waals surface area (Å²) < 4.78 is 26.5. The second kappa shape index (κ2) is 8.41. The molecule has 1 saturated carbocycles. The van der Waals surface area contributed by atoms with Gasteiger partial charge < -0.3 is 15.7 Å². The lowest BCUT2D eigenvalue weighted by molar-refractivity contribution is 0.0691. The summed E-state index contributed by atoms with van der Waals surface area (Å²) in [4.78, 5) is 24.3. The van der Waals surface area contributed by atoms with Crippen LogP contribution in [0.3, 0.4) is 0 Å². The first-order chi connectivity index (χ1) is 15.6. The van der Waals surface area contributed by atoms with Crippen LogP contribution in [0.25, 0.3) is 11.0 Å². The van der Waals surface area contributed by atoms with Gasteiger partial charge in [0.1, 0.15) is 11.2 Å². The van der Waals surface area contributed by atoms with Crippen LogP contribution in [-0.4, -0.2) is 38.5 Å². The Morgan fingerprint density at radius 2 is 2.09 bits per heavy atom. The van der Waals surface area contributed by atoms with Crippen LogP contribution in [0.1, 0.15) is 46.7 Å². The number of nitriles is 1. The van der Waals surface area contributed by atoms with Gasteiger partial charge in [-0.05, 0) is 37.6 Å². The summed E-state index contributed by atoms with van der Waals surface area (Å²) in [5, 5.41) is 24.9. The van der Waals surface area contributed by atoms with Crippen LogP contribution in [0.2, 0.25) is 5.15 Å². The molecule has 0 saturated heterocycles. The Labute approximate surface area is 192 Å². The van der Waals surface area contributed by atoms with Gasteiger partial charge in [0.2, 0.25) is 0 Å². The molecule has 1 aliphatic rings. The number of hydrogen-bond acceptors (Lipinski definition) is 7. The van der Waals surface area contributed by atoms with Crippen molar-refractivity contribution >= 4 is 40.1 Å². The highest BCUT2D eigenvalue weighted by atomic mass is 35.5. The van der Waals surface area contributed by atoms with Gasteiger partial charge in [0.25, 0.3) is 5.92 Å². The van der Waals surface area contributed by atoms with Crippen LogP contribution in [0.15, 0.2) is 24.3 Å². The minimum Gasteiger partial charge on any atom is -0.476 e. The maximum atomic E-state index is 13.3.